The highest BCUT2D eigenvalue weighted by Crippen LogP contribution is 2.32. The number of hydrogen-bond donors (Lipinski definition) is 0. The molecule has 0 saturated heterocycles. The molecular formula is C10H8F3IN2O2. The molecule has 0 unspecified atom stereocenters. The smallest absolute Gasteiger partial charge is 0.333 e. The number of hydrogen-bond acceptors (Lipinski definition) is 3. The van der Waals surface area contributed by atoms with Crippen molar-refractivity contribution in [2.24, 2.45) is 0 Å². The fourth-order valence-corrected chi connectivity index (χ4v) is 2.08. The van der Waals surface area contributed by atoms with Gasteiger partial charge in [0.25, 0.3) is 0 Å². The third kappa shape index (κ3) is 2.26. The summed E-state index contributed by atoms with van der Waals surface area (Å²) in [5.41, 5.74) is -0.0194. The fourth-order valence-electron chi connectivity index (χ4n) is 1.48. The zero-order valence-corrected chi connectivity index (χ0v) is 11.3. The van der Waals surface area contributed by atoms with Crippen LogP contribution in [0.15, 0.2) is 12.3 Å². The summed E-state index contributed by atoms with van der Waals surface area (Å²) in [6.07, 6.45) is 1.07. The number of halogens is 4. The Morgan fingerprint density at radius 1 is 1.50 bits per heavy atom. The largest absolute Gasteiger partial charge is 0.466 e. The zero-order valence-electron chi connectivity index (χ0n) is 9.16. The number of rotatable bonds is 4. The Kier molecular flexibility index (Phi) is 3.95. The maximum absolute atomic E-state index is 13.9. The molecule has 1 heterocycles. The summed E-state index contributed by atoms with van der Waals surface area (Å²) in [6, 6.07) is 1.32. The van der Waals surface area contributed by atoms with E-state index < -0.39 is 12.4 Å². The highest BCUT2D eigenvalue weighted by Gasteiger charge is 2.19. The molecule has 18 heavy (non-hydrogen) atoms. The van der Waals surface area contributed by atoms with Crippen LogP contribution < -0.4 is 4.74 Å². The summed E-state index contributed by atoms with van der Waals surface area (Å²) in [6.45, 7) is -2.93. The Balaban J connectivity index is 2.59. The van der Waals surface area contributed by atoms with Gasteiger partial charge in [-0.1, -0.05) is 0 Å². The van der Waals surface area contributed by atoms with E-state index in [-0.39, 0.29) is 27.0 Å². The number of aromatic nitrogens is 2. The van der Waals surface area contributed by atoms with E-state index in [9.17, 15) is 13.2 Å². The van der Waals surface area contributed by atoms with Gasteiger partial charge in [-0.15, -0.1) is 0 Å². The van der Waals surface area contributed by atoms with E-state index in [1.165, 1.54) is 13.2 Å². The quantitative estimate of drug-likeness (QED) is 0.611. The molecule has 1 aromatic heterocycles. The molecule has 4 nitrogen and oxygen atoms in total. The molecule has 0 saturated carbocycles. The first-order valence-electron chi connectivity index (χ1n) is 4.81. The van der Waals surface area contributed by atoms with Crippen LogP contribution in [0.2, 0.25) is 0 Å². The number of alkyl halides is 2. The second kappa shape index (κ2) is 5.31. The average Bonchev–Trinajstić information content (AvgIpc) is 2.75. The summed E-state index contributed by atoms with van der Waals surface area (Å²) in [4.78, 5) is 0. The van der Waals surface area contributed by atoms with Crippen molar-refractivity contribution >= 4 is 33.5 Å². The predicted octanol–water partition coefficient (Wildman–Crippen LogP) is 3.16. The summed E-state index contributed by atoms with van der Waals surface area (Å²) in [5, 5.41) is 3.49. The van der Waals surface area contributed by atoms with Crippen molar-refractivity contribution in [2.75, 3.05) is 13.9 Å². The van der Waals surface area contributed by atoms with E-state index in [1.54, 1.807) is 22.6 Å². The molecular weight excluding hydrogens is 364 g/mol. The van der Waals surface area contributed by atoms with Gasteiger partial charge in [0.2, 0.25) is 0 Å². The first-order valence-corrected chi connectivity index (χ1v) is 5.89. The van der Waals surface area contributed by atoms with Gasteiger partial charge in [0, 0.05) is 13.2 Å². The maximum atomic E-state index is 13.9. The third-order valence-corrected chi connectivity index (χ3v) is 3.27. The van der Waals surface area contributed by atoms with E-state index in [4.69, 9.17) is 9.47 Å². The fraction of sp³-hybridized carbons (Fsp3) is 0.300. The first-order chi connectivity index (χ1) is 8.56. The van der Waals surface area contributed by atoms with Gasteiger partial charge in [0.15, 0.2) is 12.6 Å². The van der Waals surface area contributed by atoms with Crippen LogP contribution in [0.4, 0.5) is 13.2 Å². The standard InChI is InChI=1S/C10H8F3IN2O2/c1-17-4-18-7-2-6-5(8(11)9(7)14)3-15-16(6)10(12)13/h2-3,10H,4H2,1H3. The number of ether oxygens (including phenoxy) is 2. The number of nitrogens with zero attached hydrogens (tertiary/aromatic N) is 2. The maximum Gasteiger partial charge on any atom is 0.333 e. The minimum Gasteiger partial charge on any atom is -0.466 e. The highest BCUT2D eigenvalue weighted by molar-refractivity contribution is 14.1. The SMILES string of the molecule is COCOc1cc2c(cnn2C(F)F)c(F)c1I. The minimum absolute atomic E-state index is 0.0194. The van der Waals surface area contributed by atoms with Crippen LogP contribution in [-0.4, -0.2) is 23.7 Å². The van der Waals surface area contributed by atoms with Gasteiger partial charge >= 0.3 is 6.55 Å². The van der Waals surface area contributed by atoms with Crippen molar-refractivity contribution in [1.29, 1.82) is 0 Å². The van der Waals surface area contributed by atoms with E-state index >= 15 is 0 Å². The number of benzene rings is 1. The highest BCUT2D eigenvalue weighted by atomic mass is 127. The number of fused-ring (bicyclic) bond motifs is 1. The molecule has 0 N–H and O–H groups in total. The van der Waals surface area contributed by atoms with Gasteiger partial charge < -0.3 is 9.47 Å². The van der Waals surface area contributed by atoms with E-state index in [0.29, 0.717) is 4.68 Å². The van der Waals surface area contributed by atoms with Crippen molar-refractivity contribution in [1.82, 2.24) is 9.78 Å². The lowest BCUT2D eigenvalue weighted by Crippen LogP contribution is -2.04. The molecule has 2 rings (SSSR count). The lowest BCUT2D eigenvalue weighted by Gasteiger charge is -2.09. The van der Waals surface area contributed by atoms with Crippen LogP contribution in [0.5, 0.6) is 5.75 Å². The van der Waals surface area contributed by atoms with E-state index in [1.807, 2.05) is 0 Å². The molecule has 98 valence electrons. The van der Waals surface area contributed by atoms with Crippen LogP contribution >= 0.6 is 22.6 Å². The minimum atomic E-state index is -2.84. The Bertz CT molecular complexity index is 574. The molecule has 0 aliphatic heterocycles. The van der Waals surface area contributed by atoms with Gasteiger partial charge in [-0.25, -0.2) is 9.07 Å². The second-order valence-electron chi connectivity index (χ2n) is 3.35. The van der Waals surface area contributed by atoms with Crippen LogP contribution in [0.3, 0.4) is 0 Å². The van der Waals surface area contributed by atoms with E-state index in [0.717, 1.165) is 6.20 Å². The molecule has 0 bridgehead atoms. The molecule has 0 spiro atoms. The molecule has 2 aromatic rings. The first kappa shape index (κ1) is 13.4. The van der Waals surface area contributed by atoms with Crippen molar-refractivity contribution in [3.05, 3.63) is 21.7 Å². The molecule has 0 radical (unpaired) electrons. The summed E-state index contributed by atoms with van der Waals surface area (Å²) in [7, 11) is 1.41. The van der Waals surface area contributed by atoms with Crippen LogP contribution in [0.1, 0.15) is 6.55 Å². The predicted molar refractivity (Wildman–Crippen MR) is 66.2 cm³/mol. The molecule has 0 aliphatic carbocycles. The third-order valence-electron chi connectivity index (χ3n) is 2.26. The van der Waals surface area contributed by atoms with Crippen LogP contribution in [0.25, 0.3) is 10.9 Å². The summed E-state index contributed by atoms with van der Waals surface area (Å²) < 4.78 is 49.7. The molecule has 0 amide bonds. The second-order valence-corrected chi connectivity index (χ2v) is 4.43. The Morgan fingerprint density at radius 3 is 2.83 bits per heavy atom. The van der Waals surface area contributed by atoms with Gasteiger partial charge in [0.1, 0.15) is 5.75 Å². The van der Waals surface area contributed by atoms with Gasteiger partial charge in [-0.2, -0.15) is 13.9 Å². The normalized spacial score (nSPS) is 11.4. The van der Waals surface area contributed by atoms with Crippen molar-refractivity contribution in [3.63, 3.8) is 0 Å². The zero-order chi connectivity index (χ0) is 13.3. The Morgan fingerprint density at radius 2 is 2.22 bits per heavy atom. The molecule has 1 aromatic carbocycles. The van der Waals surface area contributed by atoms with Crippen LogP contribution in [-0.2, 0) is 4.74 Å². The number of methoxy groups -OCH3 is 1. The Hall–Kier alpha value is -1.03. The molecule has 0 fully saturated rings. The lowest BCUT2D eigenvalue weighted by atomic mass is 10.2. The van der Waals surface area contributed by atoms with Crippen LogP contribution in [0, 0.1) is 9.39 Å². The van der Waals surface area contributed by atoms with Crippen molar-refractivity contribution < 1.29 is 22.6 Å². The van der Waals surface area contributed by atoms with Gasteiger partial charge in [-0.05, 0) is 22.6 Å². The molecule has 8 heteroatoms. The molecule has 0 aliphatic rings. The summed E-state index contributed by atoms with van der Waals surface area (Å²) in [5.74, 6) is -0.490. The Labute approximate surface area is 114 Å². The topological polar surface area (TPSA) is 36.3 Å². The van der Waals surface area contributed by atoms with Gasteiger partial charge in [-0.3, -0.25) is 0 Å². The molecule has 0 atom stereocenters. The van der Waals surface area contributed by atoms with Crippen molar-refractivity contribution in [2.45, 2.75) is 6.55 Å². The van der Waals surface area contributed by atoms with E-state index in [2.05, 4.69) is 5.10 Å². The monoisotopic (exact) mass is 372 g/mol. The van der Waals surface area contributed by atoms with Gasteiger partial charge in [0.05, 0.1) is 20.7 Å². The lowest BCUT2D eigenvalue weighted by molar-refractivity contribution is 0.0500. The average molecular weight is 372 g/mol. The van der Waals surface area contributed by atoms with Crippen molar-refractivity contribution in [3.8, 4) is 5.75 Å². The summed E-state index contributed by atoms with van der Waals surface area (Å²) >= 11 is 1.74.